The van der Waals surface area contributed by atoms with Crippen LogP contribution in [0.2, 0.25) is 0 Å². The fourth-order valence-electron chi connectivity index (χ4n) is 3.62. The van der Waals surface area contributed by atoms with Crippen molar-refractivity contribution in [2.24, 2.45) is 0 Å². The Balaban J connectivity index is 1.76. The van der Waals surface area contributed by atoms with Crippen molar-refractivity contribution in [3.8, 4) is 35.0 Å². The lowest BCUT2D eigenvalue weighted by atomic mass is 9.89. The number of hydrogen-bond donors (Lipinski definition) is 1. The highest BCUT2D eigenvalue weighted by Crippen LogP contribution is 2.48. The number of carbonyl (C=O) groups is 1. The van der Waals surface area contributed by atoms with E-state index in [0.29, 0.717) is 41.3 Å². The second-order valence-corrected chi connectivity index (χ2v) is 7.72. The average Bonchev–Trinajstić information content (AvgIpc) is 3.16. The van der Waals surface area contributed by atoms with Gasteiger partial charge in [0, 0.05) is 33.7 Å². The third kappa shape index (κ3) is 3.77. The van der Waals surface area contributed by atoms with Crippen LogP contribution in [0.25, 0.3) is 11.1 Å². The molecular formula is C24H20FNO3S. The second-order valence-electron chi connectivity index (χ2n) is 6.81. The standard InChI is InChI=1S/C24H20FNO3S/c1-3-11-29-20-10-9-15(12-21(20)28-4-2)17-13-22(27)26-23-18(14-30-24(17)23)16-7-5-6-8-19(16)25/h1,5-10,12,14,17H,4,11,13H2,2H3,(H,26,27)/t17-/m1/s1. The van der Waals surface area contributed by atoms with Gasteiger partial charge in [0.15, 0.2) is 11.5 Å². The predicted molar refractivity (Wildman–Crippen MR) is 117 cm³/mol. The maximum Gasteiger partial charge on any atom is 0.225 e. The van der Waals surface area contributed by atoms with Crippen molar-refractivity contribution in [3.63, 3.8) is 0 Å². The number of ether oxygens (including phenoxy) is 2. The van der Waals surface area contributed by atoms with Crippen LogP contribution in [-0.4, -0.2) is 19.1 Å². The van der Waals surface area contributed by atoms with Crippen LogP contribution in [0.1, 0.15) is 29.7 Å². The maximum absolute atomic E-state index is 14.4. The Morgan fingerprint density at radius 1 is 1.20 bits per heavy atom. The highest BCUT2D eigenvalue weighted by molar-refractivity contribution is 7.11. The summed E-state index contributed by atoms with van der Waals surface area (Å²) in [6, 6.07) is 12.2. The number of nitrogens with one attached hydrogen (secondary N) is 1. The van der Waals surface area contributed by atoms with E-state index in [-0.39, 0.29) is 24.2 Å². The summed E-state index contributed by atoms with van der Waals surface area (Å²) in [4.78, 5) is 13.5. The van der Waals surface area contributed by atoms with Crippen molar-refractivity contribution >= 4 is 22.9 Å². The van der Waals surface area contributed by atoms with E-state index in [2.05, 4.69) is 11.2 Å². The number of thiophene rings is 1. The van der Waals surface area contributed by atoms with Gasteiger partial charge in [-0.15, -0.1) is 17.8 Å². The van der Waals surface area contributed by atoms with Crippen molar-refractivity contribution in [1.82, 2.24) is 0 Å². The first-order valence-corrected chi connectivity index (χ1v) is 10.5. The molecule has 0 unspecified atom stereocenters. The number of rotatable bonds is 6. The van der Waals surface area contributed by atoms with Gasteiger partial charge in [0.1, 0.15) is 12.4 Å². The Hall–Kier alpha value is -3.30. The minimum absolute atomic E-state index is 0.103. The van der Waals surface area contributed by atoms with Gasteiger partial charge in [0.2, 0.25) is 5.91 Å². The zero-order valence-corrected chi connectivity index (χ0v) is 17.2. The van der Waals surface area contributed by atoms with Crippen molar-refractivity contribution in [2.45, 2.75) is 19.3 Å². The van der Waals surface area contributed by atoms with Crippen LogP contribution in [-0.2, 0) is 4.79 Å². The summed E-state index contributed by atoms with van der Waals surface area (Å²) in [5.74, 6) is 3.03. The van der Waals surface area contributed by atoms with Crippen LogP contribution in [0.5, 0.6) is 11.5 Å². The molecule has 0 saturated heterocycles. The minimum Gasteiger partial charge on any atom is -0.490 e. The van der Waals surface area contributed by atoms with E-state index in [4.69, 9.17) is 15.9 Å². The molecule has 0 fully saturated rings. The number of fused-ring (bicyclic) bond motifs is 1. The summed E-state index contributed by atoms with van der Waals surface area (Å²) >= 11 is 1.52. The van der Waals surface area contributed by atoms with Crippen LogP contribution in [0, 0.1) is 18.2 Å². The van der Waals surface area contributed by atoms with Gasteiger partial charge in [0.05, 0.1) is 12.3 Å². The fourth-order valence-corrected chi connectivity index (χ4v) is 4.77. The number of amides is 1. The third-order valence-corrected chi connectivity index (χ3v) is 6.03. The van der Waals surface area contributed by atoms with Gasteiger partial charge < -0.3 is 14.8 Å². The Labute approximate surface area is 178 Å². The van der Waals surface area contributed by atoms with E-state index < -0.39 is 0 Å². The highest BCUT2D eigenvalue weighted by atomic mass is 32.1. The second kappa shape index (κ2) is 8.60. The molecule has 0 spiro atoms. The van der Waals surface area contributed by atoms with Gasteiger partial charge >= 0.3 is 0 Å². The summed E-state index contributed by atoms with van der Waals surface area (Å²) in [6.07, 6.45) is 5.60. The van der Waals surface area contributed by atoms with Crippen LogP contribution < -0.4 is 14.8 Å². The zero-order valence-electron chi connectivity index (χ0n) is 16.4. The number of hydrogen-bond acceptors (Lipinski definition) is 4. The SMILES string of the molecule is C#CCOc1ccc([C@H]2CC(=O)Nc3c(-c4ccccc4F)csc32)cc1OCC. The van der Waals surface area contributed by atoms with Gasteiger partial charge in [-0.25, -0.2) is 4.39 Å². The van der Waals surface area contributed by atoms with E-state index in [1.807, 2.05) is 30.5 Å². The molecule has 30 heavy (non-hydrogen) atoms. The Kier molecular flexibility index (Phi) is 5.73. The molecule has 152 valence electrons. The van der Waals surface area contributed by atoms with E-state index in [1.165, 1.54) is 17.4 Å². The van der Waals surface area contributed by atoms with Crippen LogP contribution in [0.15, 0.2) is 47.8 Å². The van der Waals surface area contributed by atoms with Crippen molar-refractivity contribution in [2.75, 3.05) is 18.5 Å². The first-order chi connectivity index (χ1) is 14.6. The molecule has 0 saturated carbocycles. The number of terminal acetylenes is 1. The van der Waals surface area contributed by atoms with Crippen molar-refractivity contribution in [3.05, 3.63) is 64.1 Å². The molecule has 1 amide bonds. The van der Waals surface area contributed by atoms with E-state index in [9.17, 15) is 9.18 Å². The highest BCUT2D eigenvalue weighted by Gasteiger charge is 2.31. The lowest BCUT2D eigenvalue weighted by Crippen LogP contribution is -2.22. The summed E-state index contributed by atoms with van der Waals surface area (Å²) in [5.41, 5.74) is 2.79. The van der Waals surface area contributed by atoms with Crippen LogP contribution in [0.3, 0.4) is 0 Å². The molecule has 1 aromatic heterocycles. The van der Waals surface area contributed by atoms with Gasteiger partial charge in [-0.05, 0) is 30.7 Å². The largest absolute Gasteiger partial charge is 0.490 e. The zero-order chi connectivity index (χ0) is 21.1. The first-order valence-electron chi connectivity index (χ1n) is 9.61. The quantitative estimate of drug-likeness (QED) is 0.539. The molecule has 6 heteroatoms. The average molecular weight is 421 g/mol. The molecule has 0 radical (unpaired) electrons. The lowest BCUT2D eigenvalue weighted by Gasteiger charge is -2.25. The number of carbonyl (C=O) groups excluding carboxylic acids is 1. The van der Waals surface area contributed by atoms with Gasteiger partial charge in [0.25, 0.3) is 0 Å². The molecule has 0 aliphatic carbocycles. The molecule has 3 aromatic rings. The lowest BCUT2D eigenvalue weighted by molar-refractivity contribution is -0.116. The van der Waals surface area contributed by atoms with Crippen LogP contribution >= 0.6 is 11.3 Å². The van der Waals surface area contributed by atoms with Crippen LogP contribution in [0.4, 0.5) is 10.1 Å². The molecule has 1 aliphatic rings. The number of halogens is 1. The van der Waals surface area contributed by atoms with E-state index >= 15 is 0 Å². The Morgan fingerprint density at radius 2 is 2.03 bits per heavy atom. The summed E-state index contributed by atoms with van der Waals surface area (Å²) in [6.45, 7) is 2.51. The summed E-state index contributed by atoms with van der Waals surface area (Å²) < 4.78 is 25.7. The normalized spacial score (nSPS) is 15.1. The molecule has 2 aromatic carbocycles. The molecule has 2 heterocycles. The minimum atomic E-state index is -0.317. The molecule has 0 bridgehead atoms. The summed E-state index contributed by atoms with van der Waals surface area (Å²) in [5, 5.41) is 4.84. The third-order valence-electron chi connectivity index (χ3n) is 4.93. The first kappa shape index (κ1) is 20.0. The fraction of sp³-hybridized carbons (Fsp3) is 0.208. The smallest absolute Gasteiger partial charge is 0.225 e. The van der Waals surface area contributed by atoms with Gasteiger partial charge in [-0.2, -0.15) is 0 Å². The van der Waals surface area contributed by atoms with Crippen molar-refractivity contribution in [1.29, 1.82) is 0 Å². The van der Waals surface area contributed by atoms with Gasteiger partial charge in [-0.1, -0.05) is 30.2 Å². The topological polar surface area (TPSA) is 47.6 Å². The molecule has 4 nitrogen and oxygen atoms in total. The Bertz CT molecular complexity index is 1130. The monoisotopic (exact) mass is 421 g/mol. The molecule has 1 N–H and O–H groups in total. The van der Waals surface area contributed by atoms with E-state index in [1.54, 1.807) is 18.2 Å². The Morgan fingerprint density at radius 3 is 2.80 bits per heavy atom. The number of anilines is 1. The molecule has 1 atom stereocenters. The summed E-state index contributed by atoms with van der Waals surface area (Å²) in [7, 11) is 0. The predicted octanol–water partition coefficient (Wildman–Crippen LogP) is 5.44. The number of benzene rings is 2. The molecular weight excluding hydrogens is 401 g/mol. The van der Waals surface area contributed by atoms with E-state index in [0.717, 1.165) is 10.4 Å². The van der Waals surface area contributed by atoms with Gasteiger partial charge in [-0.3, -0.25) is 4.79 Å². The maximum atomic E-state index is 14.4. The molecule has 4 rings (SSSR count). The van der Waals surface area contributed by atoms with Crippen molar-refractivity contribution < 1.29 is 18.7 Å². The molecule has 1 aliphatic heterocycles.